The fourth-order valence-corrected chi connectivity index (χ4v) is 1.23. The molecule has 0 saturated carbocycles. The third-order valence-electron chi connectivity index (χ3n) is 1.92. The summed E-state index contributed by atoms with van der Waals surface area (Å²) in [5.74, 6) is 1.65. The molecule has 0 N–H and O–H groups in total. The van der Waals surface area contributed by atoms with Crippen LogP contribution in [0.1, 0.15) is 18.9 Å². The first-order chi connectivity index (χ1) is 6.31. The number of methoxy groups -OCH3 is 2. The summed E-state index contributed by atoms with van der Waals surface area (Å²) in [6.45, 7) is 2.14. The predicted octanol–water partition coefficient (Wildman–Crippen LogP) is 2.46. The maximum atomic E-state index is 5.23. The molecule has 0 bridgehead atoms. The van der Waals surface area contributed by atoms with Gasteiger partial charge in [0, 0.05) is 11.6 Å². The normalized spacial score (nSPS) is 9.77. The zero-order valence-electron chi connectivity index (χ0n) is 8.39. The highest BCUT2D eigenvalue weighted by Crippen LogP contribution is 2.24. The Kier molecular flexibility index (Phi) is 3.62. The van der Waals surface area contributed by atoms with Gasteiger partial charge in [0.15, 0.2) is 0 Å². The molecule has 0 atom stereocenters. The van der Waals surface area contributed by atoms with E-state index in [9.17, 15) is 0 Å². The Bertz CT molecular complexity index is 269. The van der Waals surface area contributed by atoms with Gasteiger partial charge in [-0.25, -0.2) is 0 Å². The summed E-state index contributed by atoms with van der Waals surface area (Å²) in [4.78, 5) is 0. The number of aryl methyl sites for hydroxylation is 1. The first-order valence-electron chi connectivity index (χ1n) is 4.44. The monoisotopic (exact) mass is 179 g/mol. The van der Waals surface area contributed by atoms with Crippen LogP contribution in [0.5, 0.6) is 11.5 Å². The van der Waals surface area contributed by atoms with E-state index >= 15 is 0 Å². The molecule has 0 unspecified atom stereocenters. The van der Waals surface area contributed by atoms with Crippen molar-refractivity contribution in [3.8, 4) is 11.5 Å². The average Bonchev–Trinajstić information content (AvgIpc) is 2.19. The number of benzene rings is 1. The maximum Gasteiger partial charge on any atom is 0.126 e. The first kappa shape index (κ1) is 9.90. The fraction of sp³-hybridized carbons (Fsp3) is 0.455. The molecule has 1 rings (SSSR count). The first-order valence-corrected chi connectivity index (χ1v) is 4.44. The summed E-state index contributed by atoms with van der Waals surface area (Å²) in [7, 11) is 3.31. The van der Waals surface area contributed by atoms with Crippen LogP contribution >= 0.6 is 0 Å². The van der Waals surface area contributed by atoms with Gasteiger partial charge >= 0.3 is 0 Å². The highest BCUT2D eigenvalue weighted by molar-refractivity contribution is 5.39. The minimum Gasteiger partial charge on any atom is -0.497 e. The summed E-state index contributed by atoms with van der Waals surface area (Å²) in [5.41, 5.74) is 1.12. The number of hydrogen-bond acceptors (Lipinski definition) is 2. The minimum atomic E-state index is 0.789. The van der Waals surface area contributed by atoms with E-state index in [1.54, 1.807) is 14.2 Å². The number of rotatable bonds is 4. The Balaban J connectivity index is 2.93. The molecule has 2 heteroatoms. The largest absolute Gasteiger partial charge is 0.497 e. The fourth-order valence-electron chi connectivity index (χ4n) is 1.23. The zero-order valence-corrected chi connectivity index (χ0v) is 8.39. The van der Waals surface area contributed by atoms with Crippen molar-refractivity contribution in [3.63, 3.8) is 0 Å². The molecule has 0 amide bonds. The van der Waals surface area contributed by atoms with Crippen LogP contribution < -0.4 is 9.47 Å². The van der Waals surface area contributed by atoms with Crippen LogP contribution in [-0.4, -0.2) is 14.2 Å². The van der Waals surface area contributed by atoms with E-state index in [1.165, 1.54) is 0 Å². The molecule has 0 fully saturated rings. The number of ether oxygens (including phenoxy) is 2. The Morgan fingerprint density at radius 1 is 1.31 bits per heavy atom. The molecule has 0 aliphatic rings. The van der Waals surface area contributed by atoms with Crippen molar-refractivity contribution in [1.82, 2.24) is 0 Å². The second kappa shape index (κ2) is 4.75. The van der Waals surface area contributed by atoms with Gasteiger partial charge in [0.1, 0.15) is 11.5 Å². The highest BCUT2D eigenvalue weighted by Gasteiger charge is 2.03. The molecule has 0 spiro atoms. The Morgan fingerprint density at radius 2 is 2.08 bits per heavy atom. The Labute approximate surface area is 79.5 Å². The Morgan fingerprint density at radius 3 is 2.62 bits per heavy atom. The average molecular weight is 179 g/mol. The molecule has 0 aliphatic heterocycles. The van der Waals surface area contributed by atoms with Gasteiger partial charge in [0.2, 0.25) is 0 Å². The second-order valence-corrected chi connectivity index (χ2v) is 2.84. The van der Waals surface area contributed by atoms with Gasteiger partial charge in [-0.2, -0.15) is 0 Å². The van der Waals surface area contributed by atoms with Crippen LogP contribution in [-0.2, 0) is 6.42 Å². The molecule has 2 nitrogen and oxygen atoms in total. The standard InChI is InChI=1S/C11H15O2/c1-4-5-9-6-7-10(12-2)8-11(9)13-3/h7-8H,4-5H2,1-3H3. The molecule has 0 aliphatic carbocycles. The summed E-state index contributed by atoms with van der Waals surface area (Å²) in [6.07, 6.45) is 2.09. The van der Waals surface area contributed by atoms with Gasteiger partial charge in [-0.15, -0.1) is 0 Å². The predicted molar refractivity (Wildman–Crippen MR) is 52.4 cm³/mol. The molecule has 1 aromatic rings. The van der Waals surface area contributed by atoms with Gasteiger partial charge in [-0.3, -0.25) is 0 Å². The lowest BCUT2D eigenvalue weighted by atomic mass is 10.1. The topological polar surface area (TPSA) is 18.5 Å². The van der Waals surface area contributed by atoms with E-state index in [-0.39, 0.29) is 0 Å². The third kappa shape index (κ3) is 2.38. The lowest BCUT2D eigenvalue weighted by Gasteiger charge is -2.08. The van der Waals surface area contributed by atoms with Gasteiger partial charge < -0.3 is 9.47 Å². The number of hydrogen-bond donors (Lipinski definition) is 0. The van der Waals surface area contributed by atoms with E-state index < -0.39 is 0 Å². The summed E-state index contributed by atoms with van der Waals surface area (Å²) in [6, 6.07) is 6.89. The Hall–Kier alpha value is -1.18. The molecular formula is C11H15O2. The summed E-state index contributed by atoms with van der Waals surface area (Å²) < 4.78 is 10.3. The maximum absolute atomic E-state index is 5.23. The quantitative estimate of drug-likeness (QED) is 0.706. The van der Waals surface area contributed by atoms with E-state index in [4.69, 9.17) is 9.47 Å². The molecular weight excluding hydrogens is 164 g/mol. The van der Waals surface area contributed by atoms with Crippen LogP contribution in [0.2, 0.25) is 0 Å². The van der Waals surface area contributed by atoms with Crippen LogP contribution in [0.3, 0.4) is 0 Å². The van der Waals surface area contributed by atoms with Crippen LogP contribution in [0.15, 0.2) is 12.1 Å². The van der Waals surface area contributed by atoms with Crippen LogP contribution in [0.4, 0.5) is 0 Å². The smallest absolute Gasteiger partial charge is 0.126 e. The molecule has 0 heterocycles. The van der Waals surface area contributed by atoms with Crippen molar-refractivity contribution in [3.05, 3.63) is 23.8 Å². The third-order valence-corrected chi connectivity index (χ3v) is 1.92. The summed E-state index contributed by atoms with van der Waals surface area (Å²) in [5, 5.41) is 0. The van der Waals surface area contributed by atoms with Crippen LogP contribution in [0.25, 0.3) is 0 Å². The lowest BCUT2D eigenvalue weighted by molar-refractivity contribution is 0.390. The van der Waals surface area contributed by atoms with Crippen molar-refractivity contribution < 1.29 is 9.47 Å². The van der Waals surface area contributed by atoms with Gasteiger partial charge in [-0.05, 0) is 18.6 Å². The zero-order chi connectivity index (χ0) is 9.68. The van der Waals surface area contributed by atoms with Gasteiger partial charge in [-0.1, -0.05) is 13.3 Å². The van der Waals surface area contributed by atoms with E-state index in [2.05, 4.69) is 13.0 Å². The van der Waals surface area contributed by atoms with E-state index in [1.807, 2.05) is 12.1 Å². The van der Waals surface area contributed by atoms with Crippen molar-refractivity contribution in [1.29, 1.82) is 0 Å². The van der Waals surface area contributed by atoms with Crippen molar-refractivity contribution in [2.75, 3.05) is 14.2 Å². The molecule has 0 aromatic heterocycles. The molecule has 71 valence electrons. The van der Waals surface area contributed by atoms with Gasteiger partial charge in [0.05, 0.1) is 14.2 Å². The SMILES string of the molecule is CCCc1[c]cc(OC)cc1OC. The second-order valence-electron chi connectivity index (χ2n) is 2.84. The molecule has 0 saturated heterocycles. The van der Waals surface area contributed by atoms with Crippen molar-refractivity contribution in [2.24, 2.45) is 0 Å². The minimum absolute atomic E-state index is 0.789. The van der Waals surface area contributed by atoms with Crippen molar-refractivity contribution in [2.45, 2.75) is 19.8 Å². The van der Waals surface area contributed by atoms with E-state index in [0.29, 0.717) is 0 Å². The molecule has 13 heavy (non-hydrogen) atoms. The lowest BCUT2D eigenvalue weighted by Crippen LogP contribution is -1.93. The molecule has 1 radical (unpaired) electrons. The molecule has 1 aromatic carbocycles. The summed E-state index contributed by atoms with van der Waals surface area (Å²) >= 11 is 0. The highest BCUT2D eigenvalue weighted by atomic mass is 16.5. The van der Waals surface area contributed by atoms with Gasteiger partial charge in [0.25, 0.3) is 0 Å². The van der Waals surface area contributed by atoms with Crippen LogP contribution in [0, 0.1) is 6.07 Å². The van der Waals surface area contributed by atoms with Crippen molar-refractivity contribution >= 4 is 0 Å². The van der Waals surface area contributed by atoms with E-state index in [0.717, 1.165) is 29.9 Å².